The molecular formula is C13H19NO4S. The fraction of sp³-hybridized carbons (Fsp3) is 0.462. The molecule has 0 spiro atoms. The zero-order valence-electron chi connectivity index (χ0n) is 11.3. The summed E-state index contributed by atoms with van der Waals surface area (Å²) >= 11 is 0. The number of carboxylic acid groups (broad SMARTS) is 1. The molecule has 0 fully saturated rings. The molecule has 106 valence electrons. The van der Waals surface area contributed by atoms with Gasteiger partial charge in [0.25, 0.3) is 0 Å². The molecule has 0 aliphatic carbocycles. The van der Waals surface area contributed by atoms with E-state index in [4.69, 9.17) is 5.11 Å². The Balaban J connectivity index is 2.91. The van der Waals surface area contributed by atoms with Crippen molar-refractivity contribution < 1.29 is 18.3 Å². The Labute approximate surface area is 113 Å². The number of carbonyl (C=O) groups is 1. The first-order valence-electron chi connectivity index (χ1n) is 6.13. The Morgan fingerprint density at radius 1 is 1.26 bits per heavy atom. The Bertz CT molecular complexity index is 536. The Morgan fingerprint density at radius 3 is 2.21 bits per heavy atom. The van der Waals surface area contributed by atoms with Crippen LogP contribution in [0.25, 0.3) is 0 Å². The summed E-state index contributed by atoms with van der Waals surface area (Å²) in [6, 6.07) is 4.99. The van der Waals surface area contributed by atoms with Crippen LogP contribution in [0.15, 0.2) is 29.2 Å². The Hall–Kier alpha value is -1.40. The van der Waals surface area contributed by atoms with E-state index >= 15 is 0 Å². The zero-order chi connectivity index (χ0) is 14.6. The maximum Gasteiger partial charge on any atom is 0.335 e. The van der Waals surface area contributed by atoms with Gasteiger partial charge in [0.2, 0.25) is 10.0 Å². The Kier molecular flexibility index (Phi) is 5.08. The van der Waals surface area contributed by atoms with Crippen molar-refractivity contribution in [3.05, 3.63) is 29.8 Å². The van der Waals surface area contributed by atoms with Crippen molar-refractivity contribution in [3.63, 3.8) is 0 Å². The summed E-state index contributed by atoms with van der Waals surface area (Å²) in [5.74, 6) is -0.849. The number of benzene rings is 1. The van der Waals surface area contributed by atoms with Crippen LogP contribution in [0.2, 0.25) is 0 Å². The minimum atomic E-state index is -3.60. The predicted octanol–water partition coefficient (Wildman–Crippen LogP) is 2.10. The van der Waals surface area contributed by atoms with Gasteiger partial charge in [-0.2, -0.15) is 0 Å². The molecule has 5 nitrogen and oxygen atoms in total. The first kappa shape index (κ1) is 15.7. The van der Waals surface area contributed by atoms with Gasteiger partial charge in [-0.05, 0) is 37.1 Å². The summed E-state index contributed by atoms with van der Waals surface area (Å²) in [7, 11) is -3.60. The van der Waals surface area contributed by atoms with Gasteiger partial charge in [0.05, 0.1) is 10.5 Å². The van der Waals surface area contributed by atoms with Crippen molar-refractivity contribution in [2.75, 3.05) is 0 Å². The molecule has 1 aromatic carbocycles. The van der Waals surface area contributed by atoms with Gasteiger partial charge in [0, 0.05) is 6.04 Å². The topological polar surface area (TPSA) is 83.5 Å². The van der Waals surface area contributed by atoms with Crippen LogP contribution in [0.3, 0.4) is 0 Å². The first-order valence-corrected chi connectivity index (χ1v) is 7.62. The average molecular weight is 285 g/mol. The average Bonchev–Trinajstić information content (AvgIpc) is 2.37. The highest BCUT2D eigenvalue weighted by Crippen LogP contribution is 2.14. The van der Waals surface area contributed by atoms with E-state index in [1.165, 1.54) is 24.3 Å². The smallest absolute Gasteiger partial charge is 0.335 e. The molecule has 0 aliphatic heterocycles. The molecule has 2 N–H and O–H groups in total. The maximum absolute atomic E-state index is 12.1. The van der Waals surface area contributed by atoms with Gasteiger partial charge in [-0.1, -0.05) is 20.3 Å². The van der Waals surface area contributed by atoms with Crippen molar-refractivity contribution in [1.82, 2.24) is 4.72 Å². The largest absolute Gasteiger partial charge is 0.478 e. The number of sulfonamides is 1. The summed E-state index contributed by atoms with van der Waals surface area (Å²) in [4.78, 5) is 10.8. The minimum absolute atomic E-state index is 0.0638. The normalized spacial score (nSPS) is 14.9. The van der Waals surface area contributed by atoms with E-state index in [0.29, 0.717) is 0 Å². The standard InChI is InChI=1S/C13H19NO4S/c1-4-9(2)10(3)14-19(17,18)12-7-5-11(6-8-12)13(15)16/h5-10,14H,4H2,1-3H3,(H,15,16). The number of aromatic carboxylic acids is 1. The summed E-state index contributed by atoms with van der Waals surface area (Å²) < 4.78 is 26.8. The van der Waals surface area contributed by atoms with Crippen molar-refractivity contribution in [3.8, 4) is 0 Å². The highest BCUT2D eigenvalue weighted by atomic mass is 32.2. The van der Waals surface area contributed by atoms with E-state index in [1.54, 1.807) is 0 Å². The number of rotatable bonds is 6. The fourth-order valence-electron chi connectivity index (χ4n) is 1.56. The molecule has 0 saturated heterocycles. The first-order chi connectivity index (χ1) is 8.77. The second kappa shape index (κ2) is 6.16. The lowest BCUT2D eigenvalue weighted by molar-refractivity contribution is 0.0696. The van der Waals surface area contributed by atoms with Crippen molar-refractivity contribution in [2.45, 2.75) is 38.1 Å². The molecule has 2 atom stereocenters. The van der Waals surface area contributed by atoms with E-state index in [1.807, 2.05) is 20.8 Å². The van der Waals surface area contributed by atoms with E-state index in [-0.39, 0.29) is 22.4 Å². The van der Waals surface area contributed by atoms with Crippen LogP contribution in [0.1, 0.15) is 37.6 Å². The van der Waals surface area contributed by atoms with Crippen LogP contribution in [-0.2, 0) is 10.0 Å². The zero-order valence-corrected chi connectivity index (χ0v) is 12.1. The van der Waals surface area contributed by atoms with Gasteiger partial charge in [-0.25, -0.2) is 17.9 Å². The molecule has 0 radical (unpaired) electrons. The highest BCUT2D eigenvalue weighted by Gasteiger charge is 2.20. The monoisotopic (exact) mass is 285 g/mol. The summed E-state index contributed by atoms with van der Waals surface area (Å²) in [5.41, 5.74) is 0.0638. The second-order valence-corrected chi connectivity index (χ2v) is 6.34. The summed E-state index contributed by atoms with van der Waals surface area (Å²) in [6.45, 7) is 5.79. The van der Waals surface area contributed by atoms with Gasteiger partial charge in [0.15, 0.2) is 0 Å². The SMILES string of the molecule is CCC(C)C(C)NS(=O)(=O)c1ccc(C(=O)O)cc1. The fourth-order valence-corrected chi connectivity index (χ4v) is 2.91. The predicted molar refractivity (Wildman–Crippen MR) is 72.6 cm³/mol. The summed E-state index contributed by atoms with van der Waals surface area (Å²) in [5, 5.41) is 8.76. The van der Waals surface area contributed by atoms with Crippen LogP contribution in [0, 0.1) is 5.92 Å². The van der Waals surface area contributed by atoms with Gasteiger partial charge < -0.3 is 5.11 Å². The Morgan fingerprint density at radius 2 is 1.79 bits per heavy atom. The minimum Gasteiger partial charge on any atom is -0.478 e. The molecule has 0 amide bonds. The number of carboxylic acids is 1. The van der Waals surface area contributed by atoms with E-state index in [2.05, 4.69) is 4.72 Å². The third-order valence-corrected chi connectivity index (χ3v) is 4.82. The second-order valence-electron chi connectivity index (χ2n) is 4.63. The summed E-state index contributed by atoms with van der Waals surface area (Å²) in [6.07, 6.45) is 0.877. The number of nitrogens with one attached hydrogen (secondary N) is 1. The molecule has 0 aliphatic rings. The molecular weight excluding hydrogens is 266 g/mol. The molecule has 6 heteroatoms. The van der Waals surface area contributed by atoms with E-state index < -0.39 is 16.0 Å². The van der Waals surface area contributed by atoms with Gasteiger partial charge >= 0.3 is 5.97 Å². The van der Waals surface area contributed by atoms with Gasteiger partial charge in [0.1, 0.15) is 0 Å². The maximum atomic E-state index is 12.1. The van der Waals surface area contributed by atoms with Crippen LogP contribution in [0.4, 0.5) is 0 Å². The lowest BCUT2D eigenvalue weighted by Crippen LogP contribution is -2.36. The molecule has 0 aromatic heterocycles. The lowest BCUT2D eigenvalue weighted by Gasteiger charge is -2.19. The molecule has 2 unspecified atom stereocenters. The quantitative estimate of drug-likeness (QED) is 0.838. The number of hydrogen-bond acceptors (Lipinski definition) is 3. The van der Waals surface area contributed by atoms with Crippen LogP contribution in [-0.4, -0.2) is 25.5 Å². The molecule has 0 saturated carbocycles. The van der Waals surface area contributed by atoms with Gasteiger partial charge in [-0.15, -0.1) is 0 Å². The third kappa shape index (κ3) is 4.04. The van der Waals surface area contributed by atoms with Gasteiger partial charge in [-0.3, -0.25) is 0 Å². The van der Waals surface area contributed by atoms with Crippen molar-refractivity contribution in [1.29, 1.82) is 0 Å². The third-order valence-electron chi connectivity index (χ3n) is 3.25. The molecule has 1 aromatic rings. The highest BCUT2D eigenvalue weighted by molar-refractivity contribution is 7.89. The van der Waals surface area contributed by atoms with Crippen molar-refractivity contribution in [2.24, 2.45) is 5.92 Å². The lowest BCUT2D eigenvalue weighted by atomic mass is 10.0. The van der Waals surface area contributed by atoms with Crippen LogP contribution < -0.4 is 4.72 Å². The van der Waals surface area contributed by atoms with Crippen molar-refractivity contribution >= 4 is 16.0 Å². The van der Waals surface area contributed by atoms with E-state index in [9.17, 15) is 13.2 Å². The molecule has 1 rings (SSSR count). The van der Waals surface area contributed by atoms with Crippen LogP contribution >= 0.6 is 0 Å². The molecule has 0 heterocycles. The number of hydrogen-bond donors (Lipinski definition) is 2. The van der Waals surface area contributed by atoms with Crippen LogP contribution in [0.5, 0.6) is 0 Å². The molecule has 19 heavy (non-hydrogen) atoms. The van der Waals surface area contributed by atoms with E-state index in [0.717, 1.165) is 6.42 Å². The molecule has 0 bridgehead atoms.